The smallest absolute Gasteiger partial charge is 0.187 e. The highest BCUT2D eigenvalue weighted by molar-refractivity contribution is 5.87. The minimum Gasteiger partial charge on any atom is -0.394 e. The fourth-order valence-electron chi connectivity index (χ4n) is 13.2. The predicted octanol–water partition coefficient (Wildman–Crippen LogP) is -1.65. The molecule has 4 aliphatic heterocycles. The Balaban J connectivity index is 0.861. The van der Waals surface area contributed by atoms with Crippen molar-refractivity contribution >= 4 is 5.78 Å². The standard InChI is InChI=1S/C45H72O19/c1-18(17-58-40-36(54)33(51)31(49)27(15-46)61-40)8-11-45(57)19(2)30-26(64-45)13-25-23-7-6-21-12-22(9-10-43(21,4)24(23)14-29(48)44(25,30)5)60-41-38(56)35(53)39(20(3)59-41)63-42-37(55)34(52)32(50)28(16-47)62-42/h6,18-20,22-28,30-42,46-47,49-57H,7-17H2,1-5H3/t18-,19?,20-,22+,23?,24?,25?,26?,27-,28-,30?,31-,32-,33+,34+,35-,36-,37-,38-,39+,40-,41+,42+,43+,44-,45?/m1/s1. The van der Waals surface area contributed by atoms with Crippen molar-refractivity contribution in [2.75, 3.05) is 19.8 Å². The molecule has 19 heteroatoms. The van der Waals surface area contributed by atoms with E-state index in [4.69, 9.17) is 33.2 Å². The van der Waals surface area contributed by atoms with E-state index >= 15 is 0 Å². The Hall–Kier alpha value is -1.31. The number of rotatable bonds is 12. The molecule has 19 nitrogen and oxygen atoms in total. The number of ketones is 1. The van der Waals surface area contributed by atoms with Gasteiger partial charge in [0, 0.05) is 30.1 Å². The minimum absolute atomic E-state index is 0.0714. The van der Waals surface area contributed by atoms with E-state index in [2.05, 4.69) is 19.9 Å². The summed E-state index contributed by atoms with van der Waals surface area (Å²) in [5, 5.41) is 115. The second kappa shape index (κ2) is 18.5. The van der Waals surface area contributed by atoms with Gasteiger partial charge in [-0.3, -0.25) is 4.79 Å². The zero-order valence-corrected chi connectivity index (χ0v) is 37.3. The van der Waals surface area contributed by atoms with Crippen LogP contribution in [0, 0.1) is 46.3 Å². The highest BCUT2D eigenvalue weighted by Gasteiger charge is 2.70. The van der Waals surface area contributed by atoms with Crippen molar-refractivity contribution in [2.24, 2.45) is 46.3 Å². The molecule has 0 radical (unpaired) electrons. The lowest BCUT2D eigenvalue weighted by Gasteiger charge is -2.57. The summed E-state index contributed by atoms with van der Waals surface area (Å²) in [5.74, 6) is -1.44. The van der Waals surface area contributed by atoms with Crippen molar-refractivity contribution in [3.8, 4) is 0 Å². The molecule has 11 N–H and O–H groups in total. The van der Waals surface area contributed by atoms with Crippen molar-refractivity contribution in [1.29, 1.82) is 0 Å². The fourth-order valence-corrected chi connectivity index (χ4v) is 13.2. The molecular formula is C45H72O19. The maximum atomic E-state index is 14.6. The second-order valence-corrected chi connectivity index (χ2v) is 20.9. The van der Waals surface area contributed by atoms with Crippen LogP contribution in [0.2, 0.25) is 0 Å². The molecule has 0 aromatic heterocycles. The second-order valence-electron chi connectivity index (χ2n) is 20.9. The molecule has 0 aromatic carbocycles. The average molecular weight is 917 g/mol. The van der Waals surface area contributed by atoms with Crippen LogP contribution in [-0.2, 0) is 38.0 Å². The van der Waals surface area contributed by atoms with Crippen LogP contribution >= 0.6 is 0 Å². The summed E-state index contributed by atoms with van der Waals surface area (Å²) in [6, 6.07) is 0. The van der Waals surface area contributed by atoms with E-state index in [0.717, 1.165) is 12.8 Å². The lowest BCUT2D eigenvalue weighted by Crippen LogP contribution is -2.64. The minimum atomic E-state index is -1.70. The Morgan fingerprint density at radius 2 is 1.39 bits per heavy atom. The van der Waals surface area contributed by atoms with Gasteiger partial charge in [0.1, 0.15) is 72.9 Å². The zero-order chi connectivity index (χ0) is 46.4. The molecule has 0 spiro atoms. The molecule has 26 atom stereocenters. The van der Waals surface area contributed by atoms with Crippen molar-refractivity contribution in [1.82, 2.24) is 0 Å². The number of hydrogen-bond donors (Lipinski definition) is 11. The molecule has 7 unspecified atom stereocenters. The van der Waals surface area contributed by atoms with Crippen molar-refractivity contribution in [2.45, 2.75) is 196 Å². The molecule has 0 amide bonds. The quantitative estimate of drug-likeness (QED) is 0.0978. The van der Waals surface area contributed by atoms with Gasteiger partial charge < -0.3 is 89.3 Å². The summed E-state index contributed by atoms with van der Waals surface area (Å²) in [6.07, 6.45) is -14.6. The van der Waals surface area contributed by atoms with Gasteiger partial charge in [0.05, 0.1) is 38.1 Å². The van der Waals surface area contributed by atoms with Crippen LogP contribution in [0.5, 0.6) is 0 Å². The first-order chi connectivity index (χ1) is 30.2. The molecule has 0 aromatic rings. The van der Waals surface area contributed by atoms with Crippen LogP contribution in [0.3, 0.4) is 0 Å². The van der Waals surface area contributed by atoms with Gasteiger partial charge in [0.25, 0.3) is 0 Å². The van der Waals surface area contributed by atoms with E-state index in [9.17, 15) is 61.0 Å². The third-order valence-electron chi connectivity index (χ3n) is 17.2. The Morgan fingerprint density at radius 3 is 2.05 bits per heavy atom. The molecule has 8 rings (SSSR count). The molecule has 0 bridgehead atoms. The number of carbonyl (C=O) groups is 1. The van der Waals surface area contributed by atoms with E-state index in [1.54, 1.807) is 6.92 Å². The van der Waals surface area contributed by atoms with Gasteiger partial charge in [-0.2, -0.15) is 0 Å². The van der Waals surface area contributed by atoms with Crippen LogP contribution in [0.15, 0.2) is 11.6 Å². The van der Waals surface area contributed by atoms with Crippen molar-refractivity contribution in [3.05, 3.63) is 11.6 Å². The number of Topliss-reactive ketones (excluding diaryl/α,β-unsaturated/α-hetero) is 1. The van der Waals surface area contributed by atoms with Gasteiger partial charge in [-0.05, 0) is 74.5 Å². The number of ether oxygens (including phenoxy) is 7. The Morgan fingerprint density at radius 1 is 0.781 bits per heavy atom. The number of allylic oxidation sites excluding steroid dienone is 1. The fraction of sp³-hybridized carbons (Fsp3) is 0.933. The molecule has 64 heavy (non-hydrogen) atoms. The van der Waals surface area contributed by atoms with Crippen LogP contribution in [0.25, 0.3) is 0 Å². The number of aliphatic hydroxyl groups is 11. The van der Waals surface area contributed by atoms with E-state index in [0.29, 0.717) is 38.5 Å². The summed E-state index contributed by atoms with van der Waals surface area (Å²) in [6.45, 7) is 8.75. The van der Waals surface area contributed by atoms with E-state index in [1.165, 1.54) is 5.57 Å². The number of hydrogen-bond acceptors (Lipinski definition) is 19. The molecule has 4 saturated heterocycles. The summed E-state index contributed by atoms with van der Waals surface area (Å²) in [5.41, 5.74) is 0.263. The Kier molecular flexibility index (Phi) is 14.2. The molecular weight excluding hydrogens is 844 g/mol. The molecule has 7 fully saturated rings. The van der Waals surface area contributed by atoms with Crippen LogP contribution in [-0.4, -0.2) is 192 Å². The van der Waals surface area contributed by atoms with Gasteiger partial charge in [0.2, 0.25) is 0 Å². The van der Waals surface area contributed by atoms with Gasteiger partial charge in [-0.25, -0.2) is 0 Å². The molecule has 3 saturated carbocycles. The van der Waals surface area contributed by atoms with Crippen LogP contribution in [0.1, 0.15) is 86.0 Å². The third kappa shape index (κ3) is 8.27. The van der Waals surface area contributed by atoms with Crippen LogP contribution < -0.4 is 0 Å². The average Bonchev–Trinajstić information content (AvgIpc) is 3.71. The largest absolute Gasteiger partial charge is 0.394 e. The van der Waals surface area contributed by atoms with E-state index in [1.807, 2.05) is 13.8 Å². The lowest BCUT2D eigenvalue weighted by molar-refractivity contribution is -0.359. The monoisotopic (exact) mass is 916 g/mol. The van der Waals surface area contributed by atoms with Gasteiger partial charge in [-0.1, -0.05) is 39.3 Å². The topological polar surface area (TPSA) is 304 Å². The maximum Gasteiger partial charge on any atom is 0.187 e. The highest BCUT2D eigenvalue weighted by atomic mass is 16.7. The van der Waals surface area contributed by atoms with Gasteiger partial charge >= 0.3 is 0 Å². The molecule has 4 aliphatic carbocycles. The first-order valence-corrected chi connectivity index (χ1v) is 23.4. The van der Waals surface area contributed by atoms with Crippen LogP contribution in [0.4, 0.5) is 0 Å². The number of carbonyl (C=O) groups excluding carboxylic acids is 1. The SMILES string of the molecule is CC1C2C(CC3C4CC=C5C[C@@H](O[C@@H]6O[C@H](C)[C@H](O[C@@H]7O[C@H](CO)[C@@H](O)[C@H](O)[C@H]7O)[C@H](O)[C@H]6O)CC[C@]5(C)C4CC(=O)[C@@]32C)OC1(O)CC[C@@H](C)CO[C@@H]1O[C@H](CO)[C@@H](O)[C@H](O)[C@H]1O. The molecule has 366 valence electrons. The third-order valence-corrected chi connectivity index (χ3v) is 17.2. The highest BCUT2D eigenvalue weighted by Crippen LogP contribution is 2.69. The predicted molar refractivity (Wildman–Crippen MR) is 218 cm³/mol. The molecule has 4 heterocycles. The first-order valence-electron chi connectivity index (χ1n) is 23.4. The number of aliphatic hydroxyl groups excluding tert-OH is 10. The zero-order valence-electron chi connectivity index (χ0n) is 37.3. The molecule has 8 aliphatic rings. The summed E-state index contributed by atoms with van der Waals surface area (Å²) in [4.78, 5) is 14.6. The maximum absolute atomic E-state index is 14.6. The lowest BCUT2D eigenvalue weighted by atomic mass is 9.46. The Bertz CT molecular complexity index is 1680. The van der Waals surface area contributed by atoms with Crippen molar-refractivity contribution < 1.29 is 94.1 Å². The van der Waals surface area contributed by atoms with E-state index < -0.39 is 117 Å². The van der Waals surface area contributed by atoms with Gasteiger partial charge in [0.15, 0.2) is 24.7 Å². The van der Waals surface area contributed by atoms with Crippen molar-refractivity contribution in [3.63, 3.8) is 0 Å². The summed E-state index contributed by atoms with van der Waals surface area (Å²) >= 11 is 0. The van der Waals surface area contributed by atoms with Gasteiger partial charge in [-0.15, -0.1) is 0 Å². The normalized spacial score (nSPS) is 54.4. The van der Waals surface area contributed by atoms with E-state index in [-0.39, 0.29) is 65.5 Å². The summed E-state index contributed by atoms with van der Waals surface area (Å²) < 4.78 is 41.4. The Labute approximate surface area is 373 Å². The summed E-state index contributed by atoms with van der Waals surface area (Å²) in [7, 11) is 0. The number of fused-ring (bicyclic) bond motifs is 7. The first kappa shape index (κ1) is 49.1.